The van der Waals surface area contributed by atoms with Crippen LogP contribution in [0.3, 0.4) is 0 Å². The van der Waals surface area contributed by atoms with Crippen LogP contribution in [0.25, 0.3) is 33.0 Å². The number of aliphatic hydroxyl groups is 1. The number of aliphatic hydroxyl groups excluding tert-OH is 1. The summed E-state index contributed by atoms with van der Waals surface area (Å²) in [6, 6.07) is 34.0. The Morgan fingerprint density at radius 2 is 1.35 bits per heavy atom. The summed E-state index contributed by atoms with van der Waals surface area (Å²) in [6.45, 7) is -0.0774. The first-order valence-corrected chi connectivity index (χ1v) is 18.2. The fraction of sp³-hybridized carbons (Fsp3) is 0.233. The molecule has 12 heteroatoms. The molecule has 2 N–H and O–H groups in total. The summed E-state index contributed by atoms with van der Waals surface area (Å²) < 4.78 is 26.0. The molecule has 4 atom stereocenters. The molecule has 5 heterocycles. The Balaban J connectivity index is 1.08. The quantitative estimate of drug-likeness (QED) is 0.141. The average molecular weight is 739 g/mol. The molecule has 9 rings (SSSR count). The van der Waals surface area contributed by atoms with Crippen molar-refractivity contribution in [2.24, 2.45) is 0 Å². The number of aromatic amines is 1. The lowest BCUT2D eigenvalue weighted by atomic mass is 9.95. The van der Waals surface area contributed by atoms with Gasteiger partial charge < -0.3 is 33.6 Å². The Kier molecular flexibility index (Phi) is 9.24. The van der Waals surface area contributed by atoms with E-state index in [4.69, 9.17) is 18.9 Å². The maximum absolute atomic E-state index is 14.6. The first kappa shape index (κ1) is 34.7. The minimum absolute atomic E-state index is 0.00288. The molecule has 0 unspecified atom stereocenters. The zero-order chi connectivity index (χ0) is 37.5. The van der Waals surface area contributed by atoms with Gasteiger partial charge in [0.05, 0.1) is 42.5 Å². The summed E-state index contributed by atoms with van der Waals surface area (Å²) in [7, 11) is 0. The molecule has 3 amide bonds. The molecule has 278 valence electrons. The third-order valence-electron chi connectivity index (χ3n) is 10.6. The Morgan fingerprint density at radius 3 is 2.05 bits per heavy atom. The van der Waals surface area contributed by atoms with E-state index in [9.17, 15) is 19.5 Å². The van der Waals surface area contributed by atoms with Gasteiger partial charge >= 0.3 is 6.09 Å². The zero-order valence-electron chi connectivity index (χ0n) is 29.7. The predicted octanol–water partition coefficient (Wildman–Crippen LogP) is 6.22. The smallest absolute Gasteiger partial charge is 0.412 e. The number of amides is 3. The molecule has 6 aromatic rings. The van der Waals surface area contributed by atoms with Crippen molar-refractivity contribution in [3.63, 3.8) is 0 Å². The molecule has 3 aliphatic heterocycles. The molecule has 0 spiro atoms. The van der Waals surface area contributed by atoms with Crippen LogP contribution in [0, 0.1) is 0 Å². The van der Waals surface area contributed by atoms with E-state index in [1.807, 2.05) is 120 Å². The summed E-state index contributed by atoms with van der Waals surface area (Å²) in [6.07, 6.45) is 1.19. The first-order valence-electron chi connectivity index (χ1n) is 18.2. The first-order chi connectivity index (χ1) is 27.0. The normalized spacial score (nSPS) is 21.3. The van der Waals surface area contributed by atoms with Crippen LogP contribution in [0.15, 0.2) is 122 Å². The summed E-state index contributed by atoms with van der Waals surface area (Å²) >= 11 is 0. The molecule has 0 aliphatic carbocycles. The number of carbonyl (C=O) groups is 3. The highest BCUT2D eigenvalue weighted by Crippen LogP contribution is 2.44. The summed E-state index contributed by atoms with van der Waals surface area (Å²) in [5.74, 6) is -0.935. The van der Waals surface area contributed by atoms with E-state index < -0.39 is 42.4 Å². The van der Waals surface area contributed by atoms with Crippen LogP contribution in [-0.4, -0.2) is 80.7 Å². The Bertz CT molecular complexity index is 2420. The molecule has 2 saturated heterocycles. The molecule has 4 aromatic carbocycles. The molecule has 3 aliphatic rings. The number of carbonyl (C=O) groups excluding carboxylic acids is 3. The van der Waals surface area contributed by atoms with Gasteiger partial charge in [-0.3, -0.25) is 14.5 Å². The fourth-order valence-electron chi connectivity index (χ4n) is 7.95. The number of nitrogens with zero attached hydrogens (tertiary/aromatic N) is 3. The van der Waals surface area contributed by atoms with Crippen LogP contribution in [-0.2, 0) is 41.8 Å². The molecule has 0 bridgehead atoms. The van der Waals surface area contributed by atoms with Gasteiger partial charge in [-0.2, -0.15) is 0 Å². The fourth-order valence-corrected chi connectivity index (χ4v) is 7.95. The van der Waals surface area contributed by atoms with Crippen LogP contribution < -0.4 is 0 Å². The third-order valence-corrected chi connectivity index (χ3v) is 10.6. The predicted molar refractivity (Wildman–Crippen MR) is 203 cm³/mol. The Labute approximate surface area is 316 Å². The number of nitrogens with one attached hydrogen (secondary N) is 1. The van der Waals surface area contributed by atoms with Crippen LogP contribution in [0.5, 0.6) is 0 Å². The van der Waals surface area contributed by atoms with Gasteiger partial charge in [-0.15, -0.1) is 0 Å². The van der Waals surface area contributed by atoms with Gasteiger partial charge in [0, 0.05) is 46.2 Å². The number of ether oxygens (including phenoxy) is 4. The standard InChI is InChI=1S/C43H38N4O8/c48-22-36-40-35(46(43(51)55-40)25-52-23-27-11-3-1-4-12-27)19-37(54-36)45-21-32(30-16-8-10-18-34(30)45)39-38(31-20-44-33-17-9-7-15-29(31)33)41(49)47(42(39)50)26-53-24-28-13-5-2-6-14-28/h1-18,20-21,35-37,40,44,48H,19,22-26H2/t35-,36+,37-,40-/m1/s1. The molecule has 0 radical (unpaired) electrons. The number of fused-ring (bicyclic) bond motifs is 3. The van der Waals surface area contributed by atoms with Crippen LogP contribution in [0.1, 0.15) is 34.9 Å². The van der Waals surface area contributed by atoms with E-state index in [0.29, 0.717) is 24.2 Å². The van der Waals surface area contributed by atoms with Gasteiger partial charge in [-0.05, 0) is 23.3 Å². The van der Waals surface area contributed by atoms with E-state index in [1.165, 1.54) is 0 Å². The molecular weight excluding hydrogens is 700 g/mol. The molecule has 2 aromatic heterocycles. The van der Waals surface area contributed by atoms with Crippen molar-refractivity contribution in [3.05, 3.63) is 144 Å². The molecule has 12 nitrogen and oxygen atoms in total. The maximum Gasteiger partial charge on any atom is 0.412 e. The van der Waals surface area contributed by atoms with E-state index in [1.54, 1.807) is 11.1 Å². The van der Waals surface area contributed by atoms with Crippen molar-refractivity contribution < 1.29 is 38.4 Å². The van der Waals surface area contributed by atoms with E-state index in [0.717, 1.165) is 37.8 Å². The van der Waals surface area contributed by atoms with Gasteiger partial charge in [0.2, 0.25) is 0 Å². The Morgan fingerprint density at radius 1 is 0.727 bits per heavy atom. The second kappa shape index (κ2) is 14.6. The number of aromatic nitrogens is 2. The average Bonchev–Trinajstić information content (AvgIpc) is 3.96. The summed E-state index contributed by atoms with van der Waals surface area (Å²) in [4.78, 5) is 48.1. The van der Waals surface area contributed by atoms with Crippen molar-refractivity contribution >= 4 is 50.9 Å². The highest BCUT2D eigenvalue weighted by molar-refractivity contribution is 6.50. The van der Waals surface area contributed by atoms with Gasteiger partial charge in [-0.25, -0.2) is 9.69 Å². The minimum atomic E-state index is -0.815. The lowest BCUT2D eigenvalue weighted by Gasteiger charge is -2.38. The number of hydrogen-bond acceptors (Lipinski definition) is 8. The SMILES string of the molecule is O=C1C(c2c[nH]c3ccccc23)=C(c2cn([C@H]3C[C@@H]4[C@@H](OC(=O)N4COCc4ccccc4)[C@H](CO)O3)c3ccccc23)C(=O)N1COCc1ccccc1. The molecule has 0 saturated carbocycles. The Hall–Kier alpha value is -6.05. The van der Waals surface area contributed by atoms with Crippen LogP contribution in [0.2, 0.25) is 0 Å². The number of H-pyrrole nitrogens is 1. The van der Waals surface area contributed by atoms with Gasteiger partial charge in [0.15, 0.2) is 6.10 Å². The number of para-hydroxylation sites is 2. The van der Waals surface area contributed by atoms with Crippen LogP contribution in [0.4, 0.5) is 4.79 Å². The van der Waals surface area contributed by atoms with E-state index >= 15 is 0 Å². The number of imide groups is 1. The van der Waals surface area contributed by atoms with Crippen LogP contribution >= 0.6 is 0 Å². The number of benzene rings is 4. The van der Waals surface area contributed by atoms with Crippen molar-refractivity contribution in [1.29, 1.82) is 0 Å². The molecule has 55 heavy (non-hydrogen) atoms. The maximum atomic E-state index is 14.6. The number of hydrogen-bond donors (Lipinski definition) is 2. The second-order valence-electron chi connectivity index (χ2n) is 13.9. The third kappa shape index (κ3) is 6.28. The summed E-state index contributed by atoms with van der Waals surface area (Å²) in [5.41, 5.74) is 5.14. The van der Waals surface area contributed by atoms with Crippen molar-refractivity contribution in [3.8, 4) is 0 Å². The molecule has 2 fully saturated rings. The highest BCUT2D eigenvalue weighted by atomic mass is 16.6. The highest BCUT2D eigenvalue weighted by Gasteiger charge is 2.51. The largest absolute Gasteiger partial charge is 0.441 e. The lowest BCUT2D eigenvalue weighted by molar-refractivity contribution is -0.162. The minimum Gasteiger partial charge on any atom is -0.441 e. The monoisotopic (exact) mass is 738 g/mol. The summed E-state index contributed by atoms with van der Waals surface area (Å²) in [5, 5.41) is 12.0. The lowest BCUT2D eigenvalue weighted by Crippen LogP contribution is -2.51. The topological polar surface area (TPSA) is 136 Å². The van der Waals surface area contributed by atoms with Gasteiger partial charge in [-0.1, -0.05) is 97.1 Å². The second-order valence-corrected chi connectivity index (χ2v) is 13.9. The van der Waals surface area contributed by atoms with Crippen molar-refractivity contribution in [2.75, 3.05) is 20.1 Å². The zero-order valence-corrected chi connectivity index (χ0v) is 29.7. The van der Waals surface area contributed by atoms with Gasteiger partial charge in [0.1, 0.15) is 25.8 Å². The molecular formula is C43H38N4O8. The van der Waals surface area contributed by atoms with E-state index in [2.05, 4.69) is 4.98 Å². The van der Waals surface area contributed by atoms with Crippen molar-refractivity contribution in [2.45, 2.75) is 44.1 Å². The number of rotatable bonds is 12. The van der Waals surface area contributed by atoms with E-state index in [-0.39, 0.29) is 37.8 Å². The van der Waals surface area contributed by atoms with Crippen molar-refractivity contribution in [1.82, 2.24) is 19.4 Å². The van der Waals surface area contributed by atoms with Gasteiger partial charge in [0.25, 0.3) is 11.8 Å².